The van der Waals surface area contributed by atoms with E-state index < -0.39 is 10.0 Å². The van der Waals surface area contributed by atoms with E-state index >= 15 is 0 Å². The van der Waals surface area contributed by atoms with E-state index in [1.165, 1.54) is 0 Å². The van der Waals surface area contributed by atoms with Crippen molar-refractivity contribution < 1.29 is 8.42 Å². The fourth-order valence-corrected chi connectivity index (χ4v) is 3.81. The molecule has 1 saturated carbocycles. The molecule has 0 atom stereocenters. The van der Waals surface area contributed by atoms with Gasteiger partial charge in [-0.2, -0.15) is 0 Å². The second-order valence-electron chi connectivity index (χ2n) is 6.15. The Bertz CT molecular complexity index is 563. The van der Waals surface area contributed by atoms with E-state index in [-0.39, 0.29) is 11.6 Å². The van der Waals surface area contributed by atoms with Crippen LogP contribution in [0.1, 0.15) is 46.5 Å². The van der Waals surface area contributed by atoms with Crippen LogP contribution in [-0.4, -0.2) is 20.0 Å². The summed E-state index contributed by atoms with van der Waals surface area (Å²) in [6.07, 6.45) is 3.92. The number of anilines is 1. The van der Waals surface area contributed by atoms with Crippen molar-refractivity contribution >= 4 is 15.7 Å². The predicted molar refractivity (Wildman–Crippen MR) is 82.4 cm³/mol. The van der Waals surface area contributed by atoms with Gasteiger partial charge in [0.15, 0.2) is 0 Å². The van der Waals surface area contributed by atoms with Gasteiger partial charge in [0.1, 0.15) is 4.90 Å². The summed E-state index contributed by atoms with van der Waals surface area (Å²) in [5.74, 6) is 0. The highest BCUT2D eigenvalue weighted by atomic mass is 32.2. The van der Waals surface area contributed by atoms with Crippen molar-refractivity contribution in [3.05, 3.63) is 24.3 Å². The number of benzene rings is 1. The van der Waals surface area contributed by atoms with Crippen LogP contribution in [0, 0.1) is 0 Å². The SMILES string of the molecule is CCCC(C)(C)Nc1ccccc1S(=O)(=O)NC1CC1. The number of nitrogens with one attached hydrogen (secondary N) is 2. The smallest absolute Gasteiger partial charge is 0.242 e. The quantitative estimate of drug-likeness (QED) is 0.813. The Morgan fingerprint density at radius 2 is 1.90 bits per heavy atom. The summed E-state index contributed by atoms with van der Waals surface area (Å²) in [6, 6.07) is 7.24. The maximum absolute atomic E-state index is 12.4. The molecule has 1 fully saturated rings. The molecule has 0 saturated heterocycles. The van der Waals surface area contributed by atoms with Gasteiger partial charge in [0.05, 0.1) is 5.69 Å². The normalized spacial score (nSPS) is 16.1. The number of rotatable bonds is 7. The topological polar surface area (TPSA) is 58.2 Å². The minimum Gasteiger partial charge on any atom is -0.379 e. The molecule has 112 valence electrons. The molecule has 0 aromatic heterocycles. The summed E-state index contributed by atoms with van der Waals surface area (Å²) in [6.45, 7) is 6.31. The van der Waals surface area contributed by atoms with Gasteiger partial charge in [0.2, 0.25) is 10.0 Å². The average molecular weight is 296 g/mol. The van der Waals surface area contributed by atoms with Crippen LogP contribution in [0.5, 0.6) is 0 Å². The van der Waals surface area contributed by atoms with Crippen molar-refractivity contribution in [2.75, 3.05) is 5.32 Å². The molecule has 0 bridgehead atoms. The Hall–Kier alpha value is -1.07. The van der Waals surface area contributed by atoms with Crippen molar-refractivity contribution in [2.45, 2.75) is 62.9 Å². The molecular weight excluding hydrogens is 272 g/mol. The van der Waals surface area contributed by atoms with Gasteiger partial charge < -0.3 is 5.32 Å². The van der Waals surface area contributed by atoms with Gasteiger partial charge in [0.25, 0.3) is 0 Å². The van der Waals surface area contributed by atoms with E-state index in [9.17, 15) is 8.42 Å². The lowest BCUT2D eigenvalue weighted by molar-refractivity contribution is 0.509. The zero-order valence-electron chi connectivity index (χ0n) is 12.4. The Balaban J connectivity index is 2.25. The molecule has 0 spiro atoms. The van der Waals surface area contributed by atoms with E-state index in [1.807, 2.05) is 12.1 Å². The molecule has 20 heavy (non-hydrogen) atoms. The molecule has 5 heteroatoms. The standard InChI is InChI=1S/C15H24N2O2S/c1-4-11-15(2,3)16-13-7-5-6-8-14(13)20(18,19)17-12-9-10-12/h5-8,12,16-17H,4,9-11H2,1-3H3. The molecule has 0 heterocycles. The fraction of sp³-hybridized carbons (Fsp3) is 0.600. The molecule has 0 aliphatic heterocycles. The van der Waals surface area contributed by atoms with Crippen LogP contribution >= 0.6 is 0 Å². The molecule has 0 unspecified atom stereocenters. The second-order valence-corrected chi connectivity index (χ2v) is 7.83. The average Bonchev–Trinajstić information content (AvgIpc) is 3.12. The molecule has 4 nitrogen and oxygen atoms in total. The Morgan fingerprint density at radius 3 is 2.50 bits per heavy atom. The zero-order valence-corrected chi connectivity index (χ0v) is 13.3. The molecule has 0 radical (unpaired) electrons. The Kier molecular flexibility index (Phi) is 4.39. The highest BCUT2D eigenvalue weighted by Crippen LogP contribution is 2.28. The molecule has 1 aromatic rings. The second kappa shape index (κ2) is 5.74. The number of para-hydroxylation sites is 1. The van der Waals surface area contributed by atoms with E-state index in [1.54, 1.807) is 12.1 Å². The highest BCUT2D eigenvalue weighted by molar-refractivity contribution is 7.89. The van der Waals surface area contributed by atoms with Crippen molar-refractivity contribution in [1.82, 2.24) is 4.72 Å². The third-order valence-electron chi connectivity index (χ3n) is 3.42. The lowest BCUT2D eigenvalue weighted by atomic mass is 9.98. The predicted octanol–water partition coefficient (Wildman–Crippen LogP) is 3.12. The van der Waals surface area contributed by atoms with Crippen LogP contribution in [0.15, 0.2) is 29.2 Å². The number of sulfonamides is 1. The van der Waals surface area contributed by atoms with E-state index in [0.29, 0.717) is 10.6 Å². The van der Waals surface area contributed by atoms with Crippen LogP contribution in [-0.2, 0) is 10.0 Å². The van der Waals surface area contributed by atoms with Crippen molar-refractivity contribution in [3.63, 3.8) is 0 Å². The third kappa shape index (κ3) is 3.96. The molecule has 0 amide bonds. The third-order valence-corrected chi connectivity index (χ3v) is 5.00. The van der Waals surface area contributed by atoms with Crippen molar-refractivity contribution in [3.8, 4) is 0 Å². The molecular formula is C15H24N2O2S. The maximum atomic E-state index is 12.4. The molecule has 1 aliphatic rings. The summed E-state index contributed by atoms with van der Waals surface area (Å²) < 4.78 is 27.5. The first-order chi connectivity index (χ1) is 9.34. The van der Waals surface area contributed by atoms with E-state index in [0.717, 1.165) is 25.7 Å². The summed E-state index contributed by atoms with van der Waals surface area (Å²) in [4.78, 5) is 0.344. The largest absolute Gasteiger partial charge is 0.379 e. The summed E-state index contributed by atoms with van der Waals surface area (Å²) in [5.41, 5.74) is 0.555. The van der Waals surface area contributed by atoms with Gasteiger partial charge >= 0.3 is 0 Å². The lowest BCUT2D eigenvalue weighted by Gasteiger charge is -2.28. The Labute approximate surface area is 122 Å². The zero-order chi connectivity index (χ0) is 14.8. The van der Waals surface area contributed by atoms with Crippen molar-refractivity contribution in [2.24, 2.45) is 0 Å². The van der Waals surface area contributed by atoms with Crippen LogP contribution in [0.3, 0.4) is 0 Å². The van der Waals surface area contributed by atoms with E-state index in [4.69, 9.17) is 0 Å². The van der Waals surface area contributed by atoms with Crippen molar-refractivity contribution in [1.29, 1.82) is 0 Å². The molecule has 2 N–H and O–H groups in total. The summed E-state index contributed by atoms with van der Waals surface area (Å²) in [7, 11) is -3.43. The first-order valence-electron chi connectivity index (χ1n) is 7.23. The monoisotopic (exact) mass is 296 g/mol. The first kappa shape index (κ1) is 15.3. The summed E-state index contributed by atoms with van der Waals surface area (Å²) in [5, 5.41) is 3.37. The minimum atomic E-state index is -3.43. The molecule has 1 aromatic carbocycles. The molecule has 1 aliphatic carbocycles. The van der Waals surface area contributed by atoms with E-state index in [2.05, 4.69) is 30.8 Å². The van der Waals surface area contributed by atoms with Gasteiger partial charge in [-0.1, -0.05) is 25.5 Å². The van der Waals surface area contributed by atoms with Gasteiger partial charge in [0, 0.05) is 11.6 Å². The molecule has 2 rings (SSSR count). The Morgan fingerprint density at radius 1 is 1.25 bits per heavy atom. The number of hydrogen-bond donors (Lipinski definition) is 2. The first-order valence-corrected chi connectivity index (χ1v) is 8.72. The fourth-order valence-electron chi connectivity index (χ4n) is 2.34. The van der Waals surface area contributed by atoms with Crippen LogP contribution < -0.4 is 10.0 Å². The van der Waals surface area contributed by atoms with Crippen LogP contribution in [0.4, 0.5) is 5.69 Å². The maximum Gasteiger partial charge on any atom is 0.242 e. The lowest BCUT2D eigenvalue weighted by Crippen LogP contribution is -2.32. The minimum absolute atomic E-state index is 0.122. The highest BCUT2D eigenvalue weighted by Gasteiger charge is 2.30. The van der Waals surface area contributed by atoms with Crippen LogP contribution in [0.25, 0.3) is 0 Å². The van der Waals surface area contributed by atoms with Gasteiger partial charge in [-0.15, -0.1) is 0 Å². The van der Waals surface area contributed by atoms with Gasteiger partial charge in [-0.3, -0.25) is 0 Å². The van der Waals surface area contributed by atoms with Crippen LogP contribution in [0.2, 0.25) is 0 Å². The summed E-state index contributed by atoms with van der Waals surface area (Å²) >= 11 is 0. The number of hydrogen-bond acceptors (Lipinski definition) is 3. The van der Waals surface area contributed by atoms with Gasteiger partial charge in [-0.25, -0.2) is 13.1 Å². The van der Waals surface area contributed by atoms with Gasteiger partial charge in [-0.05, 0) is 45.2 Å².